The standard InChI is InChI=1S/2C4H12N2.C2HF6NO4S2.H3P/c2*1-5-3-4-6-2;3-1(4,5)14(10,11)9-15(12,13)2(6,7)8;/h2*5-6H,3-4H2,1-2H3;9H;1H3. The number of hydrogen-bond acceptors (Lipinski definition) is 8. The van der Waals surface area contributed by atoms with Crippen molar-refractivity contribution in [1.29, 1.82) is 0 Å². The SMILES string of the molecule is CNCCNC.CNCCNC.O=S(=O)(NS(=O)(=O)C(F)(F)F)C(F)(F)F.P. The van der Waals surface area contributed by atoms with E-state index in [9.17, 15) is 43.2 Å². The number of likely N-dealkylation sites (N-methyl/N-ethyl adjacent to an activating group) is 4. The minimum absolute atomic E-state index is 0. The molecule has 0 spiro atoms. The van der Waals surface area contributed by atoms with Crippen molar-refractivity contribution in [2.45, 2.75) is 11.0 Å². The maximum Gasteiger partial charge on any atom is 0.512 e. The van der Waals surface area contributed by atoms with Gasteiger partial charge in [-0.15, -0.1) is 0 Å². The Morgan fingerprint density at radius 1 is 0.571 bits per heavy atom. The van der Waals surface area contributed by atoms with Crippen LogP contribution in [0.5, 0.6) is 0 Å². The fourth-order valence-corrected chi connectivity index (χ4v) is 2.65. The molecule has 0 aliphatic rings. The van der Waals surface area contributed by atoms with Gasteiger partial charge < -0.3 is 21.3 Å². The molecule has 0 bridgehead atoms. The lowest BCUT2D eigenvalue weighted by molar-refractivity contribution is -0.0476. The first-order valence-corrected chi connectivity index (χ1v) is 10.00. The van der Waals surface area contributed by atoms with E-state index in [2.05, 4.69) is 21.3 Å². The number of halogens is 6. The second-order valence-electron chi connectivity index (χ2n) is 4.40. The molecule has 0 amide bonds. The zero-order chi connectivity index (χ0) is 22.4. The predicted octanol–water partition coefficient (Wildman–Crippen LogP) is -0.816. The first-order valence-electron chi connectivity index (χ1n) is 7.03. The highest BCUT2D eigenvalue weighted by Gasteiger charge is 2.55. The first kappa shape index (κ1) is 35.2. The Labute approximate surface area is 164 Å². The topological polar surface area (TPSA) is 128 Å². The molecular weight excluding hydrogens is 463 g/mol. The number of nitrogens with one attached hydrogen (secondary N) is 5. The van der Waals surface area contributed by atoms with Crippen molar-refractivity contribution in [3.05, 3.63) is 0 Å². The van der Waals surface area contributed by atoms with Crippen molar-refractivity contribution in [2.75, 3.05) is 54.4 Å². The lowest BCUT2D eigenvalue weighted by Crippen LogP contribution is -2.45. The van der Waals surface area contributed by atoms with Crippen LogP contribution in [0, 0.1) is 0 Å². The Hall–Kier alpha value is -0.290. The van der Waals surface area contributed by atoms with Crippen LogP contribution in [0.4, 0.5) is 26.3 Å². The van der Waals surface area contributed by atoms with E-state index in [4.69, 9.17) is 0 Å². The molecular formula is C10H28F6N5O4PS2. The summed E-state index contributed by atoms with van der Waals surface area (Å²) >= 11 is 0. The van der Waals surface area contributed by atoms with Gasteiger partial charge in [0.15, 0.2) is 0 Å². The fraction of sp³-hybridized carbons (Fsp3) is 1.00. The first-order chi connectivity index (χ1) is 12.0. The van der Waals surface area contributed by atoms with E-state index >= 15 is 0 Å². The molecule has 0 saturated carbocycles. The summed E-state index contributed by atoms with van der Waals surface area (Å²) < 4.78 is 108. The second-order valence-corrected chi connectivity index (χ2v) is 8.00. The van der Waals surface area contributed by atoms with Gasteiger partial charge in [-0.25, -0.2) is 16.8 Å². The van der Waals surface area contributed by atoms with Crippen molar-refractivity contribution >= 4 is 29.9 Å². The molecule has 0 fully saturated rings. The van der Waals surface area contributed by atoms with Gasteiger partial charge in [-0.1, -0.05) is 4.13 Å². The molecule has 1 unspecified atom stereocenters. The predicted molar refractivity (Wildman–Crippen MR) is 99.9 cm³/mol. The van der Waals surface area contributed by atoms with E-state index in [0.29, 0.717) is 0 Å². The quantitative estimate of drug-likeness (QED) is 0.169. The lowest BCUT2D eigenvalue weighted by Gasteiger charge is -2.11. The van der Waals surface area contributed by atoms with Crippen LogP contribution in [0.2, 0.25) is 0 Å². The Morgan fingerprint density at radius 2 is 0.750 bits per heavy atom. The third-order valence-corrected chi connectivity index (χ3v) is 5.05. The van der Waals surface area contributed by atoms with Crippen molar-refractivity contribution < 1.29 is 43.2 Å². The minimum Gasteiger partial charge on any atom is -0.318 e. The maximum atomic E-state index is 11.5. The van der Waals surface area contributed by atoms with Gasteiger partial charge in [0.05, 0.1) is 0 Å². The fourth-order valence-electron chi connectivity index (χ4n) is 0.739. The highest BCUT2D eigenvalue weighted by Crippen LogP contribution is 2.27. The third-order valence-electron chi connectivity index (χ3n) is 2.08. The normalized spacial score (nSPS) is 12.1. The molecule has 5 N–H and O–H groups in total. The average molecular weight is 491 g/mol. The molecule has 9 nitrogen and oxygen atoms in total. The van der Waals surface area contributed by atoms with Gasteiger partial charge >= 0.3 is 31.1 Å². The Morgan fingerprint density at radius 3 is 0.857 bits per heavy atom. The van der Waals surface area contributed by atoms with E-state index in [1.807, 2.05) is 28.2 Å². The molecule has 0 aliphatic heterocycles. The average Bonchev–Trinajstić information content (AvgIpc) is 2.49. The molecule has 0 heterocycles. The van der Waals surface area contributed by atoms with Gasteiger partial charge in [-0.3, -0.25) is 0 Å². The molecule has 176 valence electrons. The maximum absolute atomic E-state index is 11.5. The summed E-state index contributed by atoms with van der Waals surface area (Å²) in [6, 6.07) is 0. The summed E-state index contributed by atoms with van der Waals surface area (Å²) in [6.07, 6.45) is 0. The molecule has 0 aromatic heterocycles. The van der Waals surface area contributed by atoms with E-state index in [1.54, 1.807) is 0 Å². The summed E-state index contributed by atoms with van der Waals surface area (Å²) in [5.74, 6) is 0. The Bertz CT molecular complexity index is 514. The van der Waals surface area contributed by atoms with Crippen LogP contribution in [0.3, 0.4) is 0 Å². The third kappa shape index (κ3) is 17.8. The van der Waals surface area contributed by atoms with Crippen molar-refractivity contribution in [3.63, 3.8) is 0 Å². The summed E-state index contributed by atoms with van der Waals surface area (Å²) in [5, 5.41) is 12.0. The van der Waals surface area contributed by atoms with Gasteiger partial charge in [-0.2, -0.15) is 36.2 Å². The monoisotopic (exact) mass is 491 g/mol. The number of sulfonamides is 2. The largest absolute Gasteiger partial charge is 0.512 e. The summed E-state index contributed by atoms with van der Waals surface area (Å²) in [7, 11) is -5.43. The molecule has 1 atom stereocenters. The molecule has 0 aliphatic carbocycles. The second kappa shape index (κ2) is 16.5. The van der Waals surface area contributed by atoms with Crippen LogP contribution < -0.4 is 25.4 Å². The van der Waals surface area contributed by atoms with Crippen LogP contribution in [0.1, 0.15) is 0 Å². The van der Waals surface area contributed by atoms with Crippen molar-refractivity contribution in [1.82, 2.24) is 25.4 Å². The van der Waals surface area contributed by atoms with Crippen molar-refractivity contribution in [3.8, 4) is 0 Å². The van der Waals surface area contributed by atoms with Gasteiger partial charge in [-0.05, 0) is 28.2 Å². The molecule has 0 saturated heterocycles. The van der Waals surface area contributed by atoms with Crippen LogP contribution in [-0.2, 0) is 20.0 Å². The van der Waals surface area contributed by atoms with Crippen LogP contribution >= 0.6 is 9.90 Å². The summed E-state index contributed by atoms with van der Waals surface area (Å²) in [5.41, 5.74) is -12.3. The van der Waals surface area contributed by atoms with E-state index in [-0.39, 0.29) is 9.90 Å². The Kier molecular flexibility index (Phi) is 20.7. The summed E-state index contributed by atoms with van der Waals surface area (Å²) in [6.45, 7) is 4.21. The molecule has 0 rings (SSSR count). The molecule has 0 aromatic rings. The van der Waals surface area contributed by atoms with Crippen molar-refractivity contribution in [2.24, 2.45) is 0 Å². The van der Waals surface area contributed by atoms with Crippen LogP contribution in [0.25, 0.3) is 0 Å². The van der Waals surface area contributed by atoms with Gasteiger partial charge in [0.1, 0.15) is 0 Å². The minimum atomic E-state index is -6.60. The number of rotatable bonds is 8. The zero-order valence-electron chi connectivity index (χ0n) is 15.8. The van der Waals surface area contributed by atoms with Gasteiger partial charge in [0.25, 0.3) is 0 Å². The van der Waals surface area contributed by atoms with Crippen LogP contribution in [0.15, 0.2) is 0 Å². The Balaban J connectivity index is -0.000000184. The molecule has 0 aromatic carbocycles. The zero-order valence-corrected chi connectivity index (χ0v) is 18.8. The molecule has 18 heteroatoms. The van der Waals surface area contributed by atoms with Crippen LogP contribution in [-0.4, -0.2) is 82.2 Å². The molecule has 0 radical (unpaired) electrons. The lowest BCUT2D eigenvalue weighted by atomic mass is 10.6. The van der Waals surface area contributed by atoms with E-state index in [0.717, 1.165) is 26.2 Å². The van der Waals surface area contributed by atoms with Gasteiger partial charge in [0.2, 0.25) is 0 Å². The highest BCUT2D eigenvalue weighted by molar-refractivity contribution is 8.05. The van der Waals surface area contributed by atoms with E-state index in [1.165, 1.54) is 0 Å². The summed E-state index contributed by atoms with van der Waals surface area (Å²) in [4.78, 5) is 0. The highest BCUT2D eigenvalue weighted by atomic mass is 32.3. The smallest absolute Gasteiger partial charge is 0.318 e. The van der Waals surface area contributed by atoms with Gasteiger partial charge in [0, 0.05) is 26.2 Å². The number of hydrogen-bond donors (Lipinski definition) is 5. The molecule has 28 heavy (non-hydrogen) atoms. The number of alkyl halides is 6. The van der Waals surface area contributed by atoms with E-state index < -0.39 is 35.2 Å².